The maximum absolute atomic E-state index is 14.3. The van der Waals surface area contributed by atoms with Crippen LogP contribution in [0.2, 0.25) is 0 Å². The molecule has 0 unspecified atom stereocenters. The lowest BCUT2D eigenvalue weighted by molar-refractivity contribution is -0.0158. The predicted octanol–water partition coefficient (Wildman–Crippen LogP) is 5.86. The molecule has 198 valence electrons. The number of alkyl halides is 3. The lowest BCUT2D eigenvalue weighted by Gasteiger charge is -2.53. The van der Waals surface area contributed by atoms with Gasteiger partial charge in [0.2, 0.25) is 0 Å². The molecule has 1 aromatic carbocycles. The average Bonchev–Trinajstić information content (AvgIpc) is 3.33. The van der Waals surface area contributed by atoms with Gasteiger partial charge in [-0.05, 0) is 76.0 Å². The van der Waals surface area contributed by atoms with Crippen LogP contribution in [-0.4, -0.2) is 46.1 Å². The van der Waals surface area contributed by atoms with Crippen molar-refractivity contribution >= 4 is 27.6 Å². The van der Waals surface area contributed by atoms with Gasteiger partial charge in [-0.1, -0.05) is 27.2 Å². The summed E-state index contributed by atoms with van der Waals surface area (Å²) in [5.74, 6) is -3.50. The largest absolute Gasteiger partial charge is 0.387 e. The van der Waals surface area contributed by atoms with E-state index in [9.17, 15) is 23.1 Å². The molecule has 0 aliphatic heterocycles. The zero-order valence-corrected chi connectivity index (χ0v) is 22.2. The van der Waals surface area contributed by atoms with E-state index in [4.69, 9.17) is 4.52 Å². The Balaban J connectivity index is 1.50. The number of hydrogen-bond acceptors (Lipinski definition) is 5. The van der Waals surface area contributed by atoms with Crippen molar-refractivity contribution in [3.8, 4) is 0 Å². The molecule has 0 radical (unpaired) electrons. The quantitative estimate of drug-likeness (QED) is 0.413. The number of carbonyl (C=O) groups is 1. The Labute approximate surface area is 216 Å². The number of anilines is 1. The van der Waals surface area contributed by atoms with Crippen LogP contribution >= 0.6 is 15.9 Å². The second-order valence-electron chi connectivity index (χ2n) is 11.0. The van der Waals surface area contributed by atoms with E-state index >= 15 is 0 Å². The van der Waals surface area contributed by atoms with E-state index in [0.29, 0.717) is 37.3 Å². The van der Waals surface area contributed by atoms with Crippen LogP contribution in [0.25, 0.3) is 0 Å². The SMILES string of the molecule is CC(F)(F)c1nc(C23CCC(CN(C(=O)NC[C@H](F)C(C)(C)O)c4cccc(Br)c4)(CC2)CC3)no1. The highest BCUT2D eigenvalue weighted by Crippen LogP contribution is 2.57. The maximum atomic E-state index is 14.3. The van der Waals surface area contributed by atoms with Crippen LogP contribution in [-0.2, 0) is 11.3 Å². The number of halogens is 4. The number of carbonyl (C=O) groups excluding carboxylic acids is 1. The summed E-state index contributed by atoms with van der Waals surface area (Å²) in [6.45, 7) is 3.57. The minimum absolute atomic E-state index is 0.173. The molecule has 2 bridgehead atoms. The number of aliphatic hydroxyl groups is 1. The lowest BCUT2D eigenvalue weighted by Crippen LogP contribution is -2.53. The first-order valence-corrected chi connectivity index (χ1v) is 12.9. The molecule has 11 heteroatoms. The highest BCUT2D eigenvalue weighted by molar-refractivity contribution is 9.10. The molecule has 3 saturated carbocycles. The van der Waals surface area contributed by atoms with Crippen molar-refractivity contribution < 1.29 is 27.6 Å². The van der Waals surface area contributed by atoms with Crippen molar-refractivity contribution in [1.82, 2.24) is 15.5 Å². The third-order valence-corrected chi connectivity index (χ3v) is 8.23. The minimum atomic E-state index is -3.18. The molecule has 0 saturated heterocycles. The molecular formula is C25H32BrF3N4O3. The number of rotatable bonds is 8. The summed E-state index contributed by atoms with van der Waals surface area (Å²) < 4.78 is 47.3. The number of hydrogen-bond donors (Lipinski definition) is 2. The van der Waals surface area contributed by atoms with Gasteiger partial charge >= 0.3 is 12.0 Å². The molecule has 1 aromatic heterocycles. The van der Waals surface area contributed by atoms with Gasteiger partial charge in [-0.15, -0.1) is 0 Å². The maximum Gasteiger partial charge on any atom is 0.322 e. The van der Waals surface area contributed by atoms with Crippen molar-refractivity contribution in [1.29, 1.82) is 0 Å². The Bertz CT molecular complexity index is 1070. The normalized spacial score (nSPS) is 25.0. The molecule has 2 aromatic rings. The van der Waals surface area contributed by atoms with Gasteiger partial charge in [-0.2, -0.15) is 13.8 Å². The van der Waals surface area contributed by atoms with E-state index < -0.39 is 35.0 Å². The summed E-state index contributed by atoms with van der Waals surface area (Å²) in [5.41, 5.74) is -1.47. The van der Waals surface area contributed by atoms with Crippen LogP contribution in [0, 0.1) is 5.41 Å². The summed E-state index contributed by atoms with van der Waals surface area (Å²) in [6, 6.07) is 6.91. The van der Waals surface area contributed by atoms with E-state index in [-0.39, 0.29) is 12.0 Å². The van der Waals surface area contributed by atoms with Gasteiger partial charge in [0.25, 0.3) is 5.89 Å². The first kappa shape index (κ1) is 26.9. The van der Waals surface area contributed by atoms with Crippen molar-refractivity contribution in [3.05, 3.63) is 40.5 Å². The second kappa shape index (κ2) is 9.63. The molecule has 36 heavy (non-hydrogen) atoms. The van der Waals surface area contributed by atoms with E-state index in [2.05, 4.69) is 31.4 Å². The van der Waals surface area contributed by atoms with E-state index in [1.807, 2.05) is 24.3 Å². The summed E-state index contributed by atoms with van der Waals surface area (Å²) in [5, 5.41) is 16.4. The molecular weight excluding hydrogens is 541 g/mol. The molecule has 5 rings (SSSR count). The Hall–Kier alpha value is -2.14. The van der Waals surface area contributed by atoms with Gasteiger partial charge in [-0.25, -0.2) is 9.18 Å². The number of benzene rings is 1. The van der Waals surface area contributed by atoms with Crippen LogP contribution in [0.1, 0.15) is 71.0 Å². The number of fused-ring (bicyclic) bond motifs is 3. The van der Waals surface area contributed by atoms with Gasteiger partial charge in [0.1, 0.15) is 6.17 Å². The van der Waals surface area contributed by atoms with Crippen molar-refractivity contribution in [3.63, 3.8) is 0 Å². The third-order valence-electron chi connectivity index (χ3n) is 7.74. The first-order valence-electron chi connectivity index (χ1n) is 12.1. The number of urea groups is 1. The van der Waals surface area contributed by atoms with Gasteiger partial charge < -0.3 is 14.9 Å². The standard InChI is InChI=1S/C25H32BrF3N4O3/c1-22(2,35)18(27)14-30-21(34)33(17-6-4-5-16(26)13-17)15-24-7-10-25(11-8-24,12-9-24)19-31-20(36-32-19)23(3,28)29/h4-6,13,18,35H,7-12,14-15H2,1-3H3,(H,30,34)/t18-,24?,25?/m0/s1. The molecule has 0 spiro atoms. The highest BCUT2D eigenvalue weighted by Gasteiger charge is 2.53. The molecule has 2 amide bonds. The fourth-order valence-electron chi connectivity index (χ4n) is 5.23. The molecule has 2 N–H and O–H groups in total. The number of amides is 2. The zero-order valence-electron chi connectivity index (χ0n) is 20.7. The molecule has 3 fully saturated rings. The van der Waals surface area contributed by atoms with Gasteiger partial charge in [0.05, 0.1) is 12.1 Å². The van der Waals surface area contributed by atoms with Crippen LogP contribution in [0.4, 0.5) is 23.7 Å². The predicted molar refractivity (Wildman–Crippen MR) is 132 cm³/mol. The van der Waals surface area contributed by atoms with E-state index in [0.717, 1.165) is 30.7 Å². The van der Waals surface area contributed by atoms with Crippen molar-refractivity contribution in [2.75, 3.05) is 18.0 Å². The Kier molecular flexibility index (Phi) is 7.20. The van der Waals surface area contributed by atoms with Crippen LogP contribution in [0.3, 0.4) is 0 Å². The fraction of sp³-hybridized carbons (Fsp3) is 0.640. The summed E-state index contributed by atoms with van der Waals surface area (Å²) in [6.07, 6.45) is 2.82. The Morgan fingerprint density at radius 3 is 2.39 bits per heavy atom. The fourth-order valence-corrected chi connectivity index (χ4v) is 5.62. The monoisotopic (exact) mass is 572 g/mol. The topological polar surface area (TPSA) is 91.5 Å². The molecule has 3 aliphatic carbocycles. The number of aromatic nitrogens is 2. The molecule has 7 nitrogen and oxygen atoms in total. The zero-order chi connectivity index (χ0) is 26.4. The van der Waals surface area contributed by atoms with Crippen molar-refractivity contribution in [2.45, 2.75) is 82.4 Å². The van der Waals surface area contributed by atoms with E-state index in [1.165, 1.54) is 13.8 Å². The highest BCUT2D eigenvalue weighted by atomic mass is 79.9. The first-order chi connectivity index (χ1) is 16.7. The lowest BCUT2D eigenvalue weighted by atomic mass is 9.53. The summed E-state index contributed by atoms with van der Waals surface area (Å²) in [7, 11) is 0. The summed E-state index contributed by atoms with van der Waals surface area (Å²) >= 11 is 3.45. The number of nitrogens with zero attached hydrogens (tertiary/aromatic N) is 3. The Morgan fingerprint density at radius 2 is 1.86 bits per heavy atom. The van der Waals surface area contributed by atoms with Crippen LogP contribution in [0.15, 0.2) is 33.3 Å². The second-order valence-corrected chi connectivity index (χ2v) is 11.9. The summed E-state index contributed by atoms with van der Waals surface area (Å²) in [4.78, 5) is 18.9. The smallest absolute Gasteiger partial charge is 0.322 e. The van der Waals surface area contributed by atoms with Crippen molar-refractivity contribution in [2.24, 2.45) is 5.41 Å². The minimum Gasteiger partial charge on any atom is -0.387 e. The van der Waals surface area contributed by atoms with Crippen LogP contribution in [0.5, 0.6) is 0 Å². The van der Waals surface area contributed by atoms with Gasteiger partial charge in [0.15, 0.2) is 5.82 Å². The van der Waals surface area contributed by atoms with Crippen LogP contribution < -0.4 is 10.2 Å². The van der Waals surface area contributed by atoms with Gasteiger partial charge in [-0.3, -0.25) is 4.90 Å². The molecule has 1 atom stereocenters. The average molecular weight is 573 g/mol. The van der Waals surface area contributed by atoms with Gasteiger partial charge in [0, 0.05) is 29.0 Å². The Morgan fingerprint density at radius 1 is 1.22 bits per heavy atom. The van der Waals surface area contributed by atoms with E-state index in [1.54, 1.807) is 4.90 Å². The molecule has 3 aliphatic rings. The molecule has 1 heterocycles. The third kappa shape index (κ3) is 5.56. The number of nitrogens with one attached hydrogen (secondary N) is 1.